The lowest BCUT2D eigenvalue weighted by Gasteiger charge is -2.27. The zero-order valence-corrected chi connectivity index (χ0v) is 12.4. The third-order valence-electron chi connectivity index (χ3n) is 3.44. The van der Waals surface area contributed by atoms with Crippen LogP contribution in [0, 0.1) is 0 Å². The molecule has 1 aliphatic rings. The van der Waals surface area contributed by atoms with Gasteiger partial charge in [-0.1, -0.05) is 18.7 Å². The van der Waals surface area contributed by atoms with E-state index in [1.54, 1.807) is 18.9 Å². The number of methoxy groups -OCH3 is 1. The van der Waals surface area contributed by atoms with Gasteiger partial charge in [0.2, 0.25) is 0 Å². The first-order valence-corrected chi connectivity index (χ1v) is 6.75. The van der Waals surface area contributed by atoms with Crippen molar-refractivity contribution in [2.75, 3.05) is 20.3 Å². The number of Topliss-reactive ketones (excluding diaryl/α,β-unsaturated/α-hetero) is 1. The van der Waals surface area contributed by atoms with Crippen molar-refractivity contribution in [2.45, 2.75) is 38.8 Å². The largest absolute Gasteiger partial charge is 0.445 e. The molecule has 5 nitrogen and oxygen atoms in total. The molecule has 0 radical (unpaired) electrons. The summed E-state index contributed by atoms with van der Waals surface area (Å²) in [6.07, 6.45) is 4.63. The maximum Gasteiger partial charge on any atom is 0.410 e. The maximum atomic E-state index is 12.1. The lowest BCUT2D eigenvalue weighted by molar-refractivity contribution is -0.113. The predicted molar refractivity (Wildman–Crippen MR) is 76.5 cm³/mol. The molecule has 0 aromatic carbocycles. The number of amides is 1. The molecule has 0 aliphatic carbocycles. The minimum absolute atomic E-state index is 0.0135. The smallest absolute Gasteiger partial charge is 0.410 e. The van der Waals surface area contributed by atoms with Gasteiger partial charge in [-0.3, -0.25) is 9.69 Å². The van der Waals surface area contributed by atoms with Gasteiger partial charge in [-0.05, 0) is 32.3 Å². The third kappa shape index (κ3) is 4.20. The standard InChI is InChI=1S/C15H23NO4/c1-5-8-20-15(18)16-13(9-11(2)12(3)17)6-7-14(16)10-19-4/h5,9,13-14H,1,6-8,10H2,2-4H3. The van der Waals surface area contributed by atoms with Crippen LogP contribution in [-0.2, 0) is 14.3 Å². The highest BCUT2D eigenvalue weighted by molar-refractivity contribution is 5.92. The molecule has 2 unspecified atom stereocenters. The number of ketones is 1. The number of likely N-dealkylation sites (tertiary alicyclic amines) is 1. The fourth-order valence-electron chi connectivity index (χ4n) is 2.33. The van der Waals surface area contributed by atoms with Crippen LogP contribution in [0.3, 0.4) is 0 Å². The second kappa shape index (κ2) is 7.85. The van der Waals surface area contributed by atoms with Crippen molar-refractivity contribution in [1.29, 1.82) is 0 Å². The van der Waals surface area contributed by atoms with E-state index in [1.807, 2.05) is 6.08 Å². The van der Waals surface area contributed by atoms with Gasteiger partial charge in [0.05, 0.1) is 18.7 Å². The average molecular weight is 281 g/mol. The molecular weight excluding hydrogens is 258 g/mol. The van der Waals surface area contributed by atoms with E-state index in [-0.39, 0.29) is 30.6 Å². The second-order valence-corrected chi connectivity index (χ2v) is 4.93. The van der Waals surface area contributed by atoms with Crippen molar-refractivity contribution in [3.8, 4) is 0 Å². The molecule has 0 N–H and O–H groups in total. The topological polar surface area (TPSA) is 55.8 Å². The summed E-state index contributed by atoms with van der Waals surface area (Å²) in [7, 11) is 1.61. The van der Waals surface area contributed by atoms with E-state index in [2.05, 4.69) is 6.58 Å². The minimum atomic E-state index is -0.387. The Bertz CT molecular complexity index is 403. The monoisotopic (exact) mass is 281 g/mol. The zero-order chi connectivity index (χ0) is 15.1. The van der Waals surface area contributed by atoms with Crippen molar-refractivity contribution < 1.29 is 19.1 Å². The molecule has 1 fully saturated rings. The molecule has 0 aromatic rings. The number of carbonyl (C=O) groups excluding carboxylic acids is 2. The summed E-state index contributed by atoms with van der Waals surface area (Å²) in [4.78, 5) is 25.1. The van der Waals surface area contributed by atoms with Crippen LogP contribution in [0.5, 0.6) is 0 Å². The molecule has 1 rings (SSSR count). The van der Waals surface area contributed by atoms with E-state index in [4.69, 9.17) is 9.47 Å². The molecule has 1 saturated heterocycles. The highest BCUT2D eigenvalue weighted by atomic mass is 16.6. The average Bonchev–Trinajstić information content (AvgIpc) is 2.79. The Morgan fingerprint density at radius 3 is 2.60 bits per heavy atom. The number of carbonyl (C=O) groups is 2. The van der Waals surface area contributed by atoms with Crippen LogP contribution in [0.2, 0.25) is 0 Å². The Balaban J connectivity index is 2.87. The van der Waals surface area contributed by atoms with E-state index in [1.165, 1.54) is 13.0 Å². The van der Waals surface area contributed by atoms with Crippen molar-refractivity contribution in [3.05, 3.63) is 24.3 Å². The fourth-order valence-corrected chi connectivity index (χ4v) is 2.33. The van der Waals surface area contributed by atoms with Crippen LogP contribution >= 0.6 is 0 Å². The van der Waals surface area contributed by atoms with Crippen LogP contribution in [0.4, 0.5) is 4.79 Å². The van der Waals surface area contributed by atoms with Crippen molar-refractivity contribution in [3.63, 3.8) is 0 Å². The van der Waals surface area contributed by atoms with E-state index < -0.39 is 0 Å². The van der Waals surface area contributed by atoms with Gasteiger partial charge in [0, 0.05) is 7.11 Å². The van der Waals surface area contributed by atoms with Crippen LogP contribution in [-0.4, -0.2) is 49.2 Å². The van der Waals surface area contributed by atoms with Gasteiger partial charge in [0.25, 0.3) is 0 Å². The van der Waals surface area contributed by atoms with Gasteiger partial charge < -0.3 is 9.47 Å². The van der Waals surface area contributed by atoms with Crippen LogP contribution in [0.15, 0.2) is 24.3 Å². The fraction of sp³-hybridized carbons (Fsp3) is 0.600. The molecule has 0 aromatic heterocycles. The minimum Gasteiger partial charge on any atom is -0.445 e. The van der Waals surface area contributed by atoms with Crippen molar-refractivity contribution in [2.24, 2.45) is 0 Å². The van der Waals surface area contributed by atoms with E-state index in [0.717, 1.165) is 12.8 Å². The summed E-state index contributed by atoms with van der Waals surface area (Å²) < 4.78 is 10.3. The first-order chi connectivity index (χ1) is 9.51. The van der Waals surface area contributed by atoms with E-state index >= 15 is 0 Å². The lowest BCUT2D eigenvalue weighted by atomic mass is 10.1. The predicted octanol–water partition coefficient (Wildman–Crippen LogP) is 2.32. The van der Waals surface area contributed by atoms with Crippen molar-refractivity contribution >= 4 is 11.9 Å². The number of rotatable bonds is 6. The Morgan fingerprint density at radius 2 is 2.05 bits per heavy atom. The lowest BCUT2D eigenvalue weighted by Crippen LogP contribution is -2.43. The normalized spacial score (nSPS) is 22.8. The SMILES string of the molecule is C=CCOC(=O)N1C(C=C(C)C(C)=O)CCC1COC. The number of ether oxygens (including phenoxy) is 2. The third-order valence-corrected chi connectivity index (χ3v) is 3.44. The molecule has 0 bridgehead atoms. The van der Waals surface area contributed by atoms with Crippen molar-refractivity contribution in [1.82, 2.24) is 4.90 Å². The number of nitrogens with zero attached hydrogens (tertiary/aromatic N) is 1. The van der Waals surface area contributed by atoms with Gasteiger partial charge in [-0.15, -0.1) is 0 Å². The first-order valence-electron chi connectivity index (χ1n) is 6.75. The van der Waals surface area contributed by atoms with Crippen LogP contribution < -0.4 is 0 Å². The first kappa shape index (κ1) is 16.4. The molecule has 5 heteroatoms. The quantitative estimate of drug-likeness (QED) is 0.554. The Hall–Kier alpha value is -1.62. The number of allylic oxidation sites excluding steroid dienone is 1. The van der Waals surface area contributed by atoms with E-state index in [9.17, 15) is 9.59 Å². The number of hydrogen-bond acceptors (Lipinski definition) is 4. The van der Waals surface area contributed by atoms with E-state index in [0.29, 0.717) is 12.2 Å². The summed E-state index contributed by atoms with van der Waals surface area (Å²) >= 11 is 0. The van der Waals surface area contributed by atoms with Gasteiger partial charge in [-0.2, -0.15) is 0 Å². The summed E-state index contributed by atoms with van der Waals surface area (Å²) in [5.41, 5.74) is 0.662. The second-order valence-electron chi connectivity index (χ2n) is 4.93. The van der Waals surface area contributed by atoms with Gasteiger partial charge in [0.15, 0.2) is 5.78 Å². The molecule has 2 atom stereocenters. The van der Waals surface area contributed by atoms with Crippen LogP contribution in [0.1, 0.15) is 26.7 Å². The van der Waals surface area contributed by atoms with Gasteiger partial charge in [0.1, 0.15) is 6.61 Å². The molecular formula is C15H23NO4. The molecule has 112 valence electrons. The maximum absolute atomic E-state index is 12.1. The Labute approximate surface area is 120 Å². The molecule has 0 saturated carbocycles. The van der Waals surface area contributed by atoms with Gasteiger partial charge >= 0.3 is 6.09 Å². The molecule has 0 spiro atoms. The molecule has 1 aliphatic heterocycles. The molecule has 1 heterocycles. The summed E-state index contributed by atoms with van der Waals surface area (Å²) in [5, 5.41) is 0. The Kier molecular flexibility index (Phi) is 6.45. The highest BCUT2D eigenvalue weighted by Gasteiger charge is 2.36. The summed E-state index contributed by atoms with van der Waals surface area (Å²) in [5.74, 6) is 0.0135. The summed E-state index contributed by atoms with van der Waals surface area (Å²) in [6, 6.07) is -0.130. The molecule has 1 amide bonds. The molecule has 20 heavy (non-hydrogen) atoms. The summed E-state index contributed by atoms with van der Waals surface area (Å²) in [6.45, 7) is 7.46. The highest BCUT2D eigenvalue weighted by Crippen LogP contribution is 2.27. The van der Waals surface area contributed by atoms with Gasteiger partial charge in [-0.25, -0.2) is 4.79 Å². The van der Waals surface area contributed by atoms with Crippen LogP contribution in [0.25, 0.3) is 0 Å². The zero-order valence-electron chi connectivity index (χ0n) is 12.4. The Morgan fingerprint density at radius 1 is 1.35 bits per heavy atom. The number of hydrogen-bond donors (Lipinski definition) is 0.